The average Bonchev–Trinajstić information content (AvgIpc) is 2.30. The molecule has 1 rings (SSSR count). The van der Waals surface area contributed by atoms with Crippen LogP contribution in [0.3, 0.4) is 0 Å². The van der Waals surface area contributed by atoms with Crippen molar-refractivity contribution in [1.82, 2.24) is 5.32 Å². The molecule has 0 aromatic heterocycles. The molecule has 3 N–H and O–H groups in total. The zero-order valence-electron chi connectivity index (χ0n) is 11.8. The number of aromatic hydroxyl groups is 1. The van der Waals surface area contributed by atoms with Crippen LogP contribution in [-0.2, 0) is 11.2 Å². The van der Waals surface area contributed by atoms with E-state index >= 15 is 0 Å². The Bertz CT molecular complexity index is 429. The maximum atomic E-state index is 11.7. The number of amides is 1. The number of aliphatic hydroxyl groups excluding tert-OH is 1. The van der Waals surface area contributed by atoms with Crippen molar-refractivity contribution in [3.63, 3.8) is 0 Å². The van der Waals surface area contributed by atoms with Crippen molar-refractivity contribution in [3.05, 3.63) is 29.3 Å². The fourth-order valence-electron chi connectivity index (χ4n) is 1.97. The molecule has 106 valence electrons. The molecule has 1 aromatic rings. The first-order valence-corrected chi connectivity index (χ1v) is 6.61. The molecule has 4 heteroatoms. The van der Waals surface area contributed by atoms with Gasteiger partial charge in [0, 0.05) is 6.54 Å². The van der Waals surface area contributed by atoms with Crippen molar-refractivity contribution >= 4 is 5.91 Å². The topological polar surface area (TPSA) is 69.6 Å². The lowest BCUT2D eigenvalue weighted by Gasteiger charge is -2.14. The van der Waals surface area contributed by atoms with Crippen molar-refractivity contribution in [1.29, 1.82) is 0 Å². The van der Waals surface area contributed by atoms with Gasteiger partial charge in [0.1, 0.15) is 5.75 Å². The molecule has 2 atom stereocenters. The van der Waals surface area contributed by atoms with Crippen LogP contribution in [0.4, 0.5) is 0 Å². The Morgan fingerprint density at radius 2 is 2.05 bits per heavy atom. The highest BCUT2D eigenvalue weighted by Gasteiger charge is 2.09. The van der Waals surface area contributed by atoms with Gasteiger partial charge >= 0.3 is 0 Å². The number of aliphatic hydroxyl groups is 1. The second kappa shape index (κ2) is 7.14. The van der Waals surface area contributed by atoms with E-state index in [1.54, 1.807) is 19.1 Å². The van der Waals surface area contributed by atoms with Crippen LogP contribution in [0.25, 0.3) is 0 Å². The summed E-state index contributed by atoms with van der Waals surface area (Å²) in [7, 11) is 0. The van der Waals surface area contributed by atoms with Crippen molar-refractivity contribution in [2.24, 2.45) is 5.92 Å². The first kappa shape index (κ1) is 15.5. The molecule has 2 unspecified atom stereocenters. The van der Waals surface area contributed by atoms with E-state index in [9.17, 15) is 15.0 Å². The van der Waals surface area contributed by atoms with Crippen molar-refractivity contribution in [2.75, 3.05) is 6.54 Å². The molecule has 0 aliphatic heterocycles. The predicted octanol–water partition coefficient (Wildman–Crippen LogP) is 1.77. The maximum Gasteiger partial charge on any atom is 0.224 e. The summed E-state index contributed by atoms with van der Waals surface area (Å²) in [4.78, 5) is 11.7. The van der Waals surface area contributed by atoms with E-state index in [0.717, 1.165) is 11.1 Å². The van der Waals surface area contributed by atoms with E-state index < -0.39 is 0 Å². The predicted molar refractivity (Wildman–Crippen MR) is 75.0 cm³/mol. The van der Waals surface area contributed by atoms with E-state index in [2.05, 4.69) is 5.32 Å². The second-order valence-corrected chi connectivity index (χ2v) is 5.29. The first-order chi connectivity index (χ1) is 8.88. The molecular weight excluding hydrogens is 242 g/mol. The number of aryl methyl sites for hydroxylation is 1. The van der Waals surface area contributed by atoms with Gasteiger partial charge < -0.3 is 15.5 Å². The minimum Gasteiger partial charge on any atom is -0.508 e. The molecule has 1 amide bonds. The van der Waals surface area contributed by atoms with Gasteiger partial charge in [-0.25, -0.2) is 0 Å². The number of hydrogen-bond donors (Lipinski definition) is 3. The SMILES string of the molecule is Cc1ccc(CC(=O)NCC(C)CC(C)O)cc1O. The third-order valence-corrected chi connectivity index (χ3v) is 3.03. The van der Waals surface area contributed by atoms with Gasteiger partial charge in [0.2, 0.25) is 5.91 Å². The monoisotopic (exact) mass is 265 g/mol. The fourth-order valence-corrected chi connectivity index (χ4v) is 1.97. The summed E-state index contributed by atoms with van der Waals surface area (Å²) in [6.07, 6.45) is 0.585. The molecule has 0 heterocycles. The lowest BCUT2D eigenvalue weighted by Crippen LogP contribution is -2.30. The summed E-state index contributed by atoms with van der Waals surface area (Å²) in [5, 5.41) is 21.6. The Balaban J connectivity index is 2.40. The third-order valence-electron chi connectivity index (χ3n) is 3.03. The highest BCUT2D eigenvalue weighted by Crippen LogP contribution is 2.17. The Labute approximate surface area is 114 Å². The summed E-state index contributed by atoms with van der Waals surface area (Å²) in [6.45, 7) is 6.11. The number of rotatable bonds is 6. The second-order valence-electron chi connectivity index (χ2n) is 5.29. The molecule has 1 aromatic carbocycles. The van der Waals surface area contributed by atoms with Crippen LogP contribution >= 0.6 is 0 Å². The number of phenolic OH excluding ortho intramolecular Hbond substituents is 1. The minimum atomic E-state index is -0.346. The van der Waals surface area contributed by atoms with E-state index in [0.29, 0.717) is 13.0 Å². The van der Waals surface area contributed by atoms with Gasteiger partial charge in [-0.05, 0) is 43.4 Å². The number of carbonyl (C=O) groups is 1. The number of benzene rings is 1. The van der Waals surface area contributed by atoms with Gasteiger partial charge in [-0.1, -0.05) is 19.1 Å². The average molecular weight is 265 g/mol. The Morgan fingerprint density at radius 1 is 1.37 bits per heavy atom. The summed E-state index contributed by atoms with van der Waals surface area (Å²) >= 11 is 0. The lowest BCUT2D eigenvalue weighted by atomic mass is 10.0. The van der Waals surface area contributed by atoms with Gasteiger partial charge in [0.25, 0.3) is 0 Å². The van der Waals surface area contributed by atoms with Gasteiger partial charge in [-0.2, -0.15) is 0 Å². The first-order valence-electron chi connectivity index (χ1n) is 6.61. The van der Waals surface area contributed by atoms with Crippen molar-refractivity contribution in [3.8, 4) is 5.75 Å². The van der Waals surface area contributed by atoms with Gasteiger partial charge in [0.15, 0.2) is 0 Å². The summed E-state index contributed by atoms with van der Waals surface area (Å²) in [5.74, 6) is 0.392. The fraction of sp³-hybridized carbons (Fsp3) is 0.533. The Hall–Kier alpha value is -1.55. The molecule has 0 spiro atoms. The molecule has 0 bridgehead atoms. The van der Waals surface area contributed by atoms with Crippen LogP contribution in [-0.4, -0.2) is 28.8 Å². The summed E-state index contributed by atoms with van der Waals surface area (Å²) in [6, 6.07) is 5.26. The van der Waals surface area contributed by atoms with Crippen LogP contribution in [0.5, 0.6) is 5.75 Å². The van der Waals surface area contributed by atoms with Gasteiger partial charge in [-0.15, -0.1) is 0 Å². The molecule has 0 radical (unpaired) electrons. The van der Waals surface area contributed by atoms with Crippen LogP contribution in [0, 0.1) is 12.8 Å². The van der Waals surface area contributed by atoms with Crippen LogP contribution < -0.4 is 5.32 Å². The Morgan fingerprint density at radius 3 is 2.63 bits per heavy atom. The number of nitrogens with one attached hydrogen (secondary N) is 1. The third kappa shape index (κ3) is 5.75. The molecular formula is C15H23NO3. The van der Waals surface area contributed by atoms with E-state index in [-0.39, 0.29) is 30.1 Å². The van der Waals surface area contributed by atoms with Crippen LogP contribution in [0.15, 0.2) is 18.2 Å². The summed E-state index contributed by atoms with van der Waals surface area (Å²) < 4.78 is 0. The summed E-state index contributed by atoms with van der Waals surface area (Å²) in [5.41, 5.74) is 1.60. The molecule has 0 saturated carbocycles. The minimum absolute atomic E-state index is 0.0688. The van der Waals surface area contributed by atoms with Gasteiger partial charge in [-0.3, -0.25) is 4.79 Å². The molecule has 4 nitrogen and oxygen atoms in total. The van der Waals surface area contributed by atoms with Crippen LogP contribution in [0.2, 0.25) is 0 Å². The molecule has 0 fully saturated rings. The normalized spacial score (nSPS) is 13.9. The highest BCUT2D eigenvalue weighted by molar-refractivity contribution is 5.78. The molecule has 0 saturated heterocycles. The quantitative estimate of drug-likeness (QED) is 0.734. The number of hydrogen-bond acceptors (Lipinski definition) is 3. The highest BCUT2D eigenvalue weighted by atomic mass is 16.3. The van der Waals surface area contributed by atoms with E-state index in [1.807, 2.05) is 19.9 Å². The largest absolute Gasteiger partial charge is 0.508 e. The van der Waals surface area contributed by atoms with Gasteiger partial charge in [0.05, 0.1) is 12.5 Å². The number of phenols is 1. The zero-order valence-corrected chi connectivity index (χ0v) is 11.8. The van der Waals surface area contributed by atoms with E-state index in [1.165, 1.54) is 0 Å². The molecule has 19 heavy (non-hydrogen) atoms. The van der Waals surface area contributed by atoms with Crippen molar-refractivity contribution in [2.45, 2.75) is 39.7 Å². The molecule has 0 aliphatic rings. The zero-order chi connectivity index (χ0) is 14.4. The maximum absolute atomic E-state index is 11.7. The standard InChI is InChI=1S/C15H23NO3/c1-10(6-12(3)17)9-16-15(19)8-13-5-4-11(2)14(18)7-13/h4-5,7,10,12,17-18H,6,8-9H2,1-3H3,(H,16,19). The Kier molecular flexibility index (Phi) is 5.83. The molecule has 0 aliphatic carbocycles. The number of carbonyl (C=O) groups excluding carboxylic acids is 1. The van der Waals surface area contributed by atoms with Crippen molar-refractivity contribution < 1.29 is 15.0 Å². The smallest absolute Gasteiger partial charge is 0.224 e. The van der Waals surface area contributed by atoms with Crippen LogP contribution in [0.1, 0.15) is 31.4 Å². The van der Waals surface area contributed by atoms with E-state index in [4.69, 9.17) is 0 Å². The lowest BCUT2D eigenvalue weighted by molar-refractivity contribution is -0.120.